The van der Waals surface area contributed by atoms with Gasteiger partial charge in [-0.15, -0.1) is 12.4 Å². The maximum Gasteiger partial charge on any atom is 0.224 e. The first-order valence-corrected chi connectivity index (χ1v) is 8.93. The van der Waals surface area contributed by atoms with E-state index < -0.39 is 0 Å². The predicted molar refractivity (Wildman–Crippen MR) is 107 cm³/mol. The van der Waals surface area contributed by atoms with Crippen molar-refractivity contribution in [2.45, 2.75) is 38.6 Å². The van der Waals surface area contributed by atoms with Crippen molar-refractivity contribution in [2.24, 2.45) is 7.05 Å². The standard InChI is InChI=1S/C20H28N4O.ClH/c1-15-5-7-16(8-6-15)20(2,3)13-18(25)24-12-9-21-14-17(24)19-22-10-11-23(19)4;/h5-8,10-11,17,21H,9,12-14H2,1-4H3;1H. The largest absolute Gasteiger partial charge is 0.336 e. The number of aromatic nitrogens is 2. The first-order valence-electron chi connectivity index (χ1n) is 8.93. The lowest BCUT2D eigenvalue weighted by Gasteiger charge is -2.38. The molecule has 3 rings (SSSR count). The van der Waals surface area contributed by atoms with E-state index in [1.807, 2.05) is 22.7 Å². The van der Waals surface area contributed by atoms with Gasteiger partial charge in [0.1, 0.15) is 11.9 Å². The van der Waals surface area contributed by atoms with E-state index >= 15 is 0 Å². The monoisotopic (exact) mass is 376 g/mol. The summed E-state index contributed by atoms with van der Waals surface area (Å²) in [4.78, 5) is 19.6. The minimum atomic E-state index is -0.193. The molecule has 1 atom stereocenters. The molecule has 1 amide bonds. The smallest absolute Gasteiger partial charge is 0.224 e. The van der Waals surface area contributed by atoms with Gasteiger partial charge >= 0.3 is 0 Å². The molecule has 6 heteroatoms. The maximum absolute atomic E-state index is 13.1. The first-order chi connectivity index (χ1) is 11.9. The Morgan fingerprint density at radius 2 is 2.00 bits per heavy atom. The van der Waals surface area contributed by atoms with Gasteiger partial charge in [0, 0.05) is 45.5 Å². The summed E-state index contributed by atoms with van der Waals surface area (Å²) in [6.45, 7) is 8.68. The Morgan fingerprint density at radius 1 is 1.31 bits per heavy atom. The van der Waals surface area contributed by atoms with Crippen molar-refractivity contribution in [2.75, 3.05) is 19.6 Å². The Balaban J connectivity index is 0.00000243. The fourth-order valence-electron chi connectivity index (χ4n) is 3.52. The van der Waals surface area contributed by atoms with Crippen LogP contribution in [0.4, 0.5) is 0 Å². The van der Waals surface area contributed by atoms with Crippen LogP contribution < -0.4 is 5.32 Å². The van der Waals surface area contributed by atoms with Crippen molar-refractivity contribution in [3.8, 4) is 0 Å². The summed E-state index contributed by atoms with van der Waals surface area (Å²) in [5.41, 5.74) is 2.25. The number of hydrogen-bond acceptors (Lipinski definition) is 3. The number of nitrogens with one attached hydrogen (secondary N) is 1. The van der Waals surface area contributed by atoms with Crippen LogP contribution in [0.2, 0.25) is 0 Å². The lowest BCUT2D eigenvalue weighted by atomic mass is 9.80. The molecule has 1 saturated heterocycles. The van der Waals surface area contributed by atoms with E-state index in [-0.39, 0.29) is 29.8 Å². The number of carbonyl (C=O) groups is 1. The van der Waals surface area contributed by atoms with Gasteiger partial charge in [0.05, 0.1) is 0 Å². The van der Waals surface area contributed by atoms with Crippen molar-refractivity contribution < 1.29 is 4.79 Å². The van der Waals surface area contributed by atoms with Gasteiger partial charge in [0.25, 0.3) is 0 Å². The summed E-state index contributed by atoms with van der Waals surface area (Å²) in [5.74, 6) is 1.13. The topological polar surface area (TPSA) is 50.2 Å². The number of hydrogen-bond donors (Lipinski definition) is 1. The van der Waals surface area contributed by atoms with E-state index in [1.165, 1.54) is 11.1 Å². The second kappa shape index (κ2) is 8.23. The molecule has 1 fully saturated rings. The number of halogens is 1. The van der Waals surface area contributed by atoms with Crippen molar-refractivity contribution in [1.82, 2.24) is 19.8 Å². The van der Waals surface area contributed by atoms with Gasteiger partial charge < -0.3 is 14.8 Å². The number of imidazole rings is 1. The first kappa shape index (κ1) is 20.5. The lowest BCUT2D eigenvalue weighted by Crippen LogP contribution is -2.50. The highest BCUT2D eigenvalue weighted by Gasteiger charge is 2.34. The molecule has 142 valence electrons. The number of benzene rings is 1. The Kier molecular flexibility index (Phi) is 6.48. The van der Waals surface area contributed by atoms with Crippen molar-refractivity contribution in [1.29, 1.82) is 0 Å². The fraction of sp³-hybridized carbons (Fsp3) is 0.500. The average Bonchev–Trinajstić information content (AvgIpc) is 3.00. The predicted octanol–water partition coefficient (Wildman–Crippen LogP) is 2.99. The number of carbonyl (C=O) groups excluding carboxylic acids is 1. The third-order valence-electron chi connectivity index (χ3n) is 5.15. The van der Waals surface area contributed by atoms with Crippen LogP contribution in [-0.2, 0) is 17.3 Å². The summed E-state index contributed by atoms with van der Waals surface area (Å²) < 4.78 is 2.00. The highest BCUT2D eigenvalue weighted by molar-refractivity contribution is 5.85. The van der Waals surface area contributed by atoms with Crippen LogP contribution in [-0.4, -0.2) is 40.0 Å². The Bertz CT molecular complexity index is 739. The molecule has 1 aliphatic rings. The summed E-state index contributed by atoms with van der Waals surface area (Å²) in [5, 5.41) is 3.39. The molecule has 2 heterocycles. The van der Waals surface area contributed by atoms with E-state index in [0.717, 1.165) is 25.5 Å². The van der Waals surface area contributed by atoms with Crippen molar-refractivity contribution in [3.05, 3.63) is 53.6 Å². The van der Waals surface area contributed by atoms with Gasteiger partial charge in [-0.05, 0) is 17.9 Å². The normalized spacial score (nSPS) is 17.7. The molecule has 0 spiro atoms. The van der Waals surface area contributed by atoms with Gasteiger partial charge in [-0.25, -0.2) is 4.98 Å². The molecule has 1 aliphatic heterocycles. The van der Waals surface area contributed by atoms with Crippen LogP contribution in [0.1, 0.15) is 43.3 Å². The number of amides is 1. The fourth-order valence-corrected chi connectivity index (χ4v) is 3.52. The van der Waals surface area contributed by atoms with Gasteiger partial charge in [-0.1, -0.05) is 43.7 Å². The quantitative estimate of drug-likeness (QED) is 0.892. The van der Waals surface area contributed by atoms with Crippen molar-refractivity contribution >= 4 is 18.3 Å². The highest BCUT2D eigenvalue weighted by atomic mass is 35.5. The number of aryl methyl sites for hydroxylation is 2. The minimum absolute atomic E-state index is 0. The second-order valence-corrected chi connectivity index (χ2v) is 7.63. The Labute approximate surface area is 162 Å². The van der Waals surface area contributed by atoms with Gasteiger partial charge in [0.2, 0.25) is 5.91 Å². The van der Waals surface area contributed by atoms with Crippen molar-refractivity contribution in [3.63, 3.8) is 0 Å². The Hall–Kier alpha value is -1.85. The molecule has 5 nitrogen and oxygen atoms in total. The third kappa shape index (κ3) is 4.27. The molecule has 26 heavy (non-hydrogen) atoms. The SMILES string of the molecule is Cc1ccc(C(C)(C)CC(=O)N2CCNCC2c2nccn2C)cc1.Cl. The summed E-state index contributed by atoms with van der Waals surface area (Å²) >= 11 is 0. The molecule has 0 radical (unpaired) electrons. The molecule has 1 unspecified atom stereocenters. The number of nitrogens with zero attached hydrogens (tertiary/aromatic N) is 3. The second-order valence-electron chi connectivity index (χ2n) is 7.63. The number of piperazine rings is 1. The highest BCUT2D eigenvalue weighted by Crippen LogP contribution is 2.30. The summed E-state index contributed by atoms with van der Waals surface area (Å²) in [6, 6.07) is 8.49. The van der Waals surface area contributed by atoms with E-state index in [0.29, 0.717) is 6.42 Å². The molecule has 0 saturated carbocycles. The molecule has 1 N–H and O–H groups in total. The maximum atomic E-state index is 13.1. The van der Waals surface area contributed by atoms with Gasteiger partial charge in [-0.2, -0.15) is 0 Å². The molecular weight excluding hydrogens is 348 g/mol. The lowest BCUT2D eigenvalue weighted by molar-refractivity contribution is -0.136. The minimum Gasteiger partial charge on any atom is -0.336 e. The molecular formula is C20H29ClN4O. The molecule has 2 aromatic rings. The van der Waals surface area contributed by atoms with Crippen LogP contribution in [0.3, 0.4) is 0 Å². The third-order valence-corrected chi connectivity index (χ3v) is 5.15. The molecule has 1 aromatic heterocycles. The van der Waals surface area contributed by atoms with E-state index in [2.05, 4.69) is 55.3 Å². The molecule has 1 aromatic carbocycles. The van der Waals surface area contributed by atoms with E-state index in [1.54, 1.807) is 6.20 Å². The van der Waals surface area contributed by atoms with Crippen LogP contribution in [0.5, 0.6) is 0 Å². The van der Waals surface area contributed by atoms with Gasteiger partial charge in [-0.3, -0.25) is 4.79 Å². The molecule has 0 bridgehead atoms. The van der Waals surface area contributed by atoms with Gasteiger partial charge in [0.15, 0.2) is 0 Å². The van der Waals surface area contributed by atoms with Crippen LogP contribution in [0.25, 0.3) is 0 Å². The van der Waals surface area contributed by atoms with Crippen LogP contribution in [0.15, 0.2) is 36.7 Å². The zero-order chi connectivity index (χ0) is 18.0. The number of rotatable bonds is 4. The summed E-state index contributed by atoms with van der Waals surface area (Å²) in [7, 11) is 1.98. The van der Waals surface area contributed by atoms with Crippen LogP contribution in [0, 0.1) is 6.92 Å². The van der Waals surface area contributed by atoms with Crippen LogP contribution >= 0.6 is 12.4 Å². The van der Waals surface area contributed by atoms with E-state index in [4.69, 9.17) is 0 Å². The van der Waals surface area contributed by atoms with E-state index in [9.17, 15) is 4.79 Å². The summed E-state index contributed by atoms with van der Waals surface area (Å²) in [6.07, 6.45) is 4.22. The molecule has 0 aliphatic carbocycles. The zero-order valence-corrected chi connectivity index (χ0v) is 16.8. The zero-order valence-electron chi connectivity index (χ0n) is 16.0. The average molecular weight is 377 g/mol. The Morgan fingerprint density at radius 3 is 2.62 bits per heavy atom.